The van der Waals surface area contributed by atoms with Crippen LogP contribution in [0.25, 0.3) is 0 Å². The molecule has 1 aromatic heterocycles. The number of hydrogen-bond acceptors (Lipinski definition) is 3. The van der Waals surface area contributed by atoms with E-state index in [2.05, 4.69) is 23.5 Å². The van der Waals surface area contributed by atoms with Gasteiger partial charge < -0.3 is 10.1 Å². The smallest absolute Gasteiger partial charge is 0.0728 e. The van der Waals surface area contributed by atoms with Crippen LogP contribution in [0.15, 0.2) is 12.4 Å². The van der Waals surface area contributed by atoms with Crippen molar-refractivity contribution < 1.29 is 4.74 Å². The molecule has 0 saturated heterocycles. The van der Waals surface area contributed by atoms with Gasteiger partial charge in [-0.25, -0.2) is 0 Å². The first-order valence-electron chi connectivity index (χ1n) is 6.56. The molecule has 1 fully saturated rings. The normalized spacial score (nSPS) is 24.8. The molecule has 0 aromatic carbocycles. The average Bonchev–Trinajstić information content (AvgIpc) is 2.77. The molecule has 1 aliphatic rings. The summed E-state index contributed by atoms with van der Waals surface area (Å²) in [5.74, 6) is 0.900. The molecule has 4 nitrogen and oxygen atoms in total. The molecule has 0 aliphatic heterocycles. The summed E-state index contributed by atoms with van der Waals surface area (Å²) in [4.78, 5) is 0. The summed E-state index contributed by atoms with van der Waals surface area (Å²) < 4.78 is 6.96. The second-order valence-corrected chi connectivity index (χ2v) is 5.09. The van der Waals surface area contributed by atoms with Gasteiger partial charge in [0, 0.05) is 19.3 Å². The molecular formula is C13H23N3O. The van der Waals surface area contributed by atoms with Crippen molar-refractivity contribution in [2.75, 3.05) is 19.0 Å². The second kappa shape index (κ2) is 6.05. The van der Waals surface area contributed by atoms with Crippen LogP contribution in [-0.2, 0) is 11.3 Å². The van der Waals surface area contributed by atoms with Crippen molar-refractivity contribution in [2.45, 2.75) is 45.2 Å². The molecule has 0 unspecified atom stereocenters. The van der Waals surface area contributed by atoms with Gasteiger partial charge in [-0.1, -0.05) is 6.92 Å². The Morgan fingerprint density at radius 1 is 1.41 bits per heavy atom. The van der Waals surface area contributed by atoms with E-state index in [-0.39, 0.29) is 0 Å². The molecule has 1 aromatic rings. The van der Waals surface area contributed by atoms with Crippen LogP contribution in [0, 0.1) is 5.92 Å². The fourth-order valence-electron chi connectivity index (χ4n) is 2.39. The first-order valence-corrected chi connectivity index (χ1v) is 6.56. The number of rotatable bonds is 5. The molecule has 96 valence electrons. The molecule has 2 rings (SSSR count). The largest absolute Gasteiger partial charge is 0.383 e. The van der Waals surface area contributed by atoms with Gasteiger partial charge in [-0.2, -0.15) is 5.10 Å². The second-order valence-electron chi connectivity index (χ2n) is 5.09. The maximum atomic E-state index is 5.04. The lowest BCUT2D eigenvalue weighted by Gasteiger charge is -2.27. The van der Waals surface area contributed by atoms with Crippen molar-refractivity contribution in [1.29, 1.82) is 0 Å². The summed E-state index contributed by atoms with van der Waals surface area (Å²) >= 11 is 0. The zero-order valence-corrected chi connectivity index (χ0v) is 10.9. The van der Waals surface area contributed by atoms with Gasteiger partial charge in [0.2, 0.25) is 0 Å². The minimum absolute atomic E-state index is 0.631. The van der Waals surface area contributed by atoms with Gasteiger partial charge in [0.25, 0.3) is 0 Å². The highest BCUT2D eigenvalue weighted by Crippen LogP contribution is 2.25. The zero-order valence-electron chi connectivity index (χ0n) is 10.9. The van der Waals surface area contributed by atoms with Crippen LogP contribution in [0.3, 0.4) is 0 Å². The lowest BCUT2D eigenvalue weighted by atomic mass is 9.87. The molecule has 17 heavy (non-hydrogen) atoms. The van der Waals surface area contributed by atoms with Crippen molar-refractivity contribution in [1.82, 2.24) is 9.78 Å². The van der Waals surface area contributed by atoms with Crippen molar-refractivity contribution in [3.8, 4) is 0 Å². The molecule has 1 N–H and O–H groups in total. The number of nitrogens with one attached hydrogen (secondary N) is 1. The third kappa shape index (κ3) is 3.73. The highest BCUT2D eigenvalue weighted by Gasteiger charge is 2.18. The molecule has 0 spiro atoms. The van der Waals surface area contributed by atoms with Crippen molar-refractivity contribution in [2.24, 2.45) is 5.92 Å². The van der Waals surface area contributed by atoms with E-state index < -0.39 is 0 Å². The Morgan fingerprint density at radius 3 is 2.88 bits per heavy atom. The van der Waals surface area contributed by atoms with Crippen LogP contribution in [0.2, 0.25) is 0 Å². The van der Waals surface area contributed by atoms with Gasteiger partial charge >= 0.3 is 0 Å². The SMILES string of the molecule is COCCn1cc(NC2CCC(C)CC2)cn1. The van der Waals surface area contributed by atoms with Crippen molar-refractivity contribution in [3.63, 3.8) is 0 Å². The summed E-state index contributed by atoms with van der Waals surface area (Å²) in [5.41, 5.74) is 1.14. The van der Waals surface area contributed by atoms with Gasteiger partial charge in [0.15, 0.2) is 0 Å². The standard InChI is InChI=1S/C13H23N3O/c1-11-3-5-12(6-4-11)15-13-9-14-16(10-13)7-8-17-2/h9-12,15H,3-8H2,1-2H3. The zero-order chi connectivity index (χ0) is 12.1. The Kier molecular flexibility index (Phi) is 4.42. The quantitative estimate of drug-likeness (QED) is 0.855. The molecular weight excluding hydrogens is 214 g/mol. The Hall–Kier alpha value is -1.03. The Balaban J connectivity index is 1.80. The Bertz CT molecular complexity index is 329. The molecule has 0 atom stereocenters. The number of aromatic nitrogens is 2. The van der Waals surface area contributed by atoms with Crippen LogP contribution >= 0.6 is 0 Å². The van der Waals surface area contributed by atoms with Gasteiger partial charge in [0.05, 0.1) is 25.0 Å². The lowest BCUT2D eigenvalue weighted by Crippen LogP contribution is -2.24. The molecule has 1 aliphatic carbocycles. The van der Waals surface area contributed by atoms with Gasteiger partial charge in [-0.3, -0.25) is 4.68 Å². The summed E-state index contributed by atoms with van der Waals surface area (Å²) in [5, 5.41) is 7.88. The number of ether oxygens (including phenoxy) is 1. The van der Waals surface area contributed by atoms with Crippen molar-refractivity contribution >= 4 is 5.69 Å². The van der Waals surface area contributed by atoms with Crippen LogP contribution in [-0.4, -0.2) is 29.5 Å². The van der Waals surface area contributed by atoms with Crippen LogP contribution in [0.4, 0.5) is 5.69 Å². The molecule has 0 bridgehead atoms. The van der Waals surface area contributed by atoms with E-state index in [1.54, 1.807) is 7.11 Å². The van der Waals surface area contributed by atoms with E-state index in [0.29, 0.717) is 12.6 Å². The molecule has 0 amide bonds. The number of methoxy groups -OCH3 is 1. The predicted molar refractivity (Wildman–Crippen MR) is 69.1 cm³/mol. The van der Waals surface area contributed by atoms with E-state index in [1.165, 1.54) is 25.7 Å². The summed E-state index contributed by atoms with van der Waals surface area (Å²) in [6.07, 6.45) is 9.23. The van der Waals surface area contributed by atoms with E-state index in [9.17, 15) is 0 Å². The monoisotopic (exact) mass is 237 g/mol. The van der Waals surface area contributed by atoms with Crippen LogP contribution in [0.5, 0.6) is 0 Å². The number of anilines is 1. The van der Waals surface area contributed by atoms with E-state index in [4.69, 9.17) is 4.74 Å². The van der Waals surface area contributed by atoms with Gasteiger partial charge in [0.1, 0.15) is 0 Å². The molecule has 4 heteroatoms. The van der Waals surface area contributed by atoms with Gasteiger partial charge in [-0.15, -0.1) is 0 Å². The maximum Gasteiger partial charge on any atom is 0.0728 e. The van der Waals surface area contributed by atoms with E-state index >= 15 is 0 Å². The molecule has 0 radical (unpaired) electrons. The third-order valence-electron chi connectivity index (χ3n) is 3.54. The Morgan fingerprint density at radius 2 is 2.18 bits per heavy atom. The highest BCUT2D eigenvalue weighted by atomic mass is 16.5. The minimum atomic E-state index is 0.631. The molecule has 1 heterocycles. The minimum Gasteiger partial charge on any atom is -0.383 e. The maximum absolute atomic E-state index is 5.04. The Labute approximate surface area is 103 Å². The first-order chi connectivity index (χ1) is 8.28. The van der Waals surface area contributed by atoms with Crippen LogP contribution < -0.4 is 5.32 Å². The highest BCUT2D eigenvalue weighted by molar-refractivity contribution is 5.39. The fraction of sp³-hybridized carbons (Fsp3) is 0.769. The fourth-order valence-corrected chi connectivity index (χ4v) is 2.39. The van der Waals surface area contributed by atoms with E-state index in [0.717, 1.165) is 18.2 Å². The number of hydrogen-bond donors (Lipinski definition) is 1. The van der Waals surface area contributed by atoms with E-state index in [1.807, 2.05) is 10.9 Å². The summed E-state index contributed by atoms with van der Waals surface area (Å²) in [6.45, 7) is 3.88. The summed E-state index contributed by atoms with van der Waals surface area (Å²) in [6, 6.07) is 0.631. The summed E-state index contributed by atoms with van der Waals surface area (Å²) in [7, 11) is 1.71. The third-order valence-corrected chi connectivity index (χ3v) is 3.54. The number of nitrogens with zero attached hydrogens (tertiary/aromatic N) is 2. The van der Waals surface area contributed by atoms with Gasteiger partial charge in [-0.05, 0) is 31.6 Å². The average molecular weight is 237 g/mol. The van der Waals surface area contributed by atoms with Crippen molar-refractivity contribution in [3.05, 3.63) is 12.4 Å². The first kappa shape index (κ1) is 12.4. The lowest BCUT2D eigenvalue weighted by molar-refractivity contribution is 0.183. The van der Waals surface area contributed by atoms with Crippen LogP contribution in [0.1, 0.15) is 32.6 Å². The molecule has 1 saturated carbocycles. The predicted octanol–water partition coefficient (Wildman–Crippen LogP) is 2.52. The topological polar surface area (TPSA) is 39.1 Å².